The van der Waals surface area contributed by atoms with Crippen LogP contribution in [0.25, 0.3) is 11.0 Å². The van der Waals surface area contributed by atoms with Gasteiger partial charge in [0.05, 0.1) is 16.6 Å². The molecule has 4 rings (SSSR count). The molecule has 0 aliphatic carbocycles. The van der Waals surface area contributed by atoms with Crippen LogP contribution in [0, 0.1) is 0 Å². The second-order valence-electron chi connectivity index (χ2n) is 7.86. The second kappa shape index (κ2) is 9.86. The standard InChI is InChI=1S/C24H25NO7S/c1-2-16-5-10-21-18(13-23(26)32-22(21)12-16)15-31-24(27)17-6-8-20(9-7-17)33(28,29)25-14-19-4-3-11-30-19/h5-10,12-13,19,25H,2-4,11,14-15H2,1H3/t19-/m0/s1. The van der Waals surface area contributed by atoms with Gasteiger partial charge in [0, 0.05) is 30.2 Å². The Balaban J connectivity index is 1.42. The Bertz CT molecular complexity index is 1310. The highest BCUT2D eigenvalue weighted by Crippen LogP contribution is 2.21. The molecule has 1 saturated heterocycles. The number of sulfonamides is 1. The lowest BCUT2D eigenvalue weighted by molar-refractivity contribution is 0.0473. The molecule has 1 atom stereocenters. The number of ether oxygens (including phenoxy) is 2. The van der Waals surface area contributed by atoms with E-state index < -0.39 is 21.6 Å². The molecule has 2 aromatic carbocycles. The van der Waals surface area contributed by atoms with Crippen molar-refractivity contribution < 1.29 is 27.1 Å². The smallest absolute Gasteiger partial charge is 0.338 e. The molecule has 0 unspecified atom stereocenters. The summed E-state index contributed by atoms with van der Waals surface area (Å²) in [5.41, 5.74) is 1.69. The van der Waals surface area contributed by atoms with Crippen LogP contribution in [0.4, 0.5) is 0 Å². The summed E-state index contributed by atoms with van der Waals surface area (Å²) in [4.78, 5) is 24.5. The molecule has 33 heavy (non-hydrogen) atoms. The minimum atomic E-state index is -3.71. The number of fused-ring (bicyclic) bond motifs is 1. The van der Waals surface area contributed by atoms with Crippen LogP contribution in [0.3, 0.4) is 0 Å². The molecule has 1 fully saturated rings. The van der Waals surface area contributed by atoms with Gasteiger partial charge in [0.15, 0.2) is 0 Å². The van der Waals surface area contributed by atoms with E-state index in [1.807, 2.05) is 19.1 Å². The Morgan fingerprint density at radius 1 is 1.15 bits per heavy atom. The maximum atomic E-state index is 12.5. The van der Waals surface area contributed by atoms with Crippen molar-refractivity contribution in [3.63, 3.8) is 0 Å². The lowest BCUT2D eigenvalue weighted by Crippen LogP contribution is -2.31. The third-order valence-corrected chi connectivity index (χ3v) is 7.03. The van der Waals surface area contributed by atoms with Crippen LogP contribution in [0.1, 0.15) is 41.3 Å². The quantitative estimate of drug-likeness (QED) is 0.397. The number of hydrogen-bond acceptors (Lipinski definition) is 7. The first kappa shape index (κ1) is 23.2. The highest BCUT2D eigenvalue weighted by molar-refractivity contribution is 7.89. The van der Waals surface area contributed by atoms with Gasteiger partial charge in [-0.3, -0.25) is 0 Å². The van der Waals surface area contributed by atoms with Crippen molar-refractivity contribution in [2.75, 3.05) is 13.2 Å². The molecule has 0 saturated carbocycles. The Morgan fingerprint density at radius 3 is 2.64 bits per heavy atom. The van der Waals surface area contributed by atoms with E-state index >= 15 is 0 Å². The summed E-state index contributed by atoms with van der Waals surface area (Å²) in [6.45, 7) is 2.74. The van der Waals surface area contributed by atoms with Crippen molar-refractivity contribution in [2.45, 2.75) is 43.8 Å². The zero-order chi connectivity index (χ0) is 23.4. The van der Waals surface area contributed by atoms with Gasteiger partial charge in [-0.1, -0.05) is 19.1 Å². The van der Waals surface area contributed by atoms with E-state index in [1.165, 1.54) is 30.3 Å². The molecule has 3 aromatic rings. The maximum absolute atomic E-state index is 12.5. The van der Waals surface area contributed by atoms with Gasteiger partial charge in [-0.05, 0) is 55.2 Å². The summed E-state index contributed by atoms with van der Waals surface area (Å²) in [7, 11) is -3.71. The molecule has 9 heteroatoms. The molecule has 0 radical (unpaired) electrons. The highest BCUT2D eigenvalue weighted by atomic mass is 32.2. The fraction of sp³-hybridized carbons (Fsp3) is 0.333. The molecule has 1 aliphatic heterocycles. The van der Waals surface area contributed by atoms with Crippen LogP contribution in [-0.2, 0) is 32.5 Å². The number of benzene rings is 2. The van der Waals surface area contributed by atoms with Gasteiger partial charge in [0.2, 0.25) is 10.0 Å². The SMILES string of the molecule is CCc1ccc2c(COC(=O)c3ccc(S(=O)(=O)NC[C@@H]4CCCO4)cc3)cc(=O)oc2c1. The van der Waals surface area contributed by atoms with Crippen molar-refractivity contribution in [3.05, 3.63) is 75.6 Å². The third-order valence-electron chi connectivity index (χ3n) is 5.59. The van der Waals surface area contributed by atoms with Crippen LogP contribution in [0.15, 0.2) is 62.6 Å². The number of aryl methyl sites for hydroxylation is 1. The molecule has 1 N–H and O–H groups in total. The zero-order valence-corrected chi connectivity index (χ0v) is 19.0. The van der Waals surface area contributed by atoms with E-state index in [9.17, 15) is 18.0 Å². The topological polar surface area (TPSA) is 112 Å². The number of nitrogens with one attached hydrogen (secondary N) is 1. The Morgan fingerprint density at radius 2 is 1.94 bits per heavy atom. The van der Waals surface area contributed by atoms with Gasteiger partial charge in [0.25, 0.3) is 0 Å². The van der Waals surface area contributed by atoms with Crippen LogP contribution in [0.2, 0.25) is 0 Å². The first-order valence-electron chi connectivity index (χ1n) is 10.8. The summed E-state index contributed by atoms with van der Waals surface area (Å²) < 4.78 is 43.5. The molecule has 2 heterocycles. The highest BCUT2D eigenvalue weighted by Gasteiger charge is 2.21. The van der Waals surface area contributed by atoms with E-state index in [1.54, 1.807) is 6.07 Å². The number of carbonyl (C=O) groups is 1. The van der Waals surface area contributed by atoms with Crippen molar-refractivity contribution in [2.24, 2.45) is 0 Å². The molecule has 0 amide bonds. The van der Waals surface area contributed by atoms with Crippen LogP contribution >= 0.6 is 0 Å². The summed E-state index contributed by atoms with van der Waals surface area (Å²) in [6, 6.07) is 12.4. The maximum Gasteiger partial charge on any atom is 0.338 e. The molecule has 174 valence electrons. The average molecular weight is 472 g/mol. The zero-order valence-electron chi connectivity index (χ0n) is 18.2. The molecule has 8 nitrogen and oxygen atoms in total. The van der Waals surface area contributed by atoms with Crippen molar-refractivity contribution >= 4 is 27.0 Å². The predicted molar refractivity (Wildman–Crippen MR) is 122 cm³/mol. The molecular weight excluding hydrogens is 446 g/mol. The number of esters is 1. The third kappa shape index (κ3) is 5.50. The predicted octanol–water partition coefficient (Wildman–Crippen LogP) is 3.17. The van der Waals surface area contributed by atoms with Crippen LogP contribution < -0.4 is 10.3 Å². The largest absolute Gasteiger partial charge is 0.457 e. The lowest BCUT2D eigenvalue weighted by Gasteiger charge is -2.12. The molecule has 1 aromatic heterocycles. The monoisotopic (exact) mass is 471 g/mol. The first-order valence-corrected chi connectivity index (χ1v) is 12.3. The number of rotatable bonds is 8. The summed E-state index contributed by atoms with van der Waals surface area (Å²) in [5, 5.41) is 0.693. The van der Waals surface area contributed by atoms with Gasteiger partial charge in [-0.2, -0.15) is 0 Å². The fourth-order valence-electron chi connectivity index (χ4n) is 3.70. The van der Waals surface area contributed by atoms with E-state index in [0.717, 1.165) is 24.8 Å². The molecule has 0 bridgehead atoms. The van der Waals surface area contributed by atoms with Crippen molar-refractivity contribution in [1.82, 2.24) is 4.72 Å². The first-order chi connectivity index (χ1) is 15.9. The van der Waals surface area contributed by atoms with E-state index in [-0.39, 0.29) is 29.7 Å². The van der Waals surface area contributed by atoms with Gasteiger partial charge in [0.1, 0.15) is 12.2 Å². The minimum Gasteiger partial charge on any atom is -0.457 e. The van der Waals surface area contributed by atoms with Crippen molar-refractivity contribution in [1.29, 1.82) is 0 Å². The van der Waals surface area contributed by atoms with Crippen LogP contribution in [0.5, 0.6) is 0 Å². The van der Waals surface area contributed by atoms with Crippen LogP contribution in [-0.4, -0.2) is 33.6 Å². The normalized spacial score (nSPS) is 16.2. The Hall–Kier alpha value is -3.01. The molecule has 0 spiro atoms. The summed E-state index contributed by atoms with van der Waals surface area (Å²) in [5.74, 6) is -0.627. The van der Waals surface area contributed by atoms with Gasteiger partial charge in [-0.25, -0.2) is 22.7 Å². The van der Waals surface area contributed by atoms with Crippen molar-refractivity contribution in [3.8, 4) is 0 Å². The second-order valence-corrected chi connectivity index (χ2v) is 9.63. The van der Waals surface area contributed by atoms with E-state index in [0.29, 0.717) is 23.1 Å². The average Bonchev–Trinajstić information content (AvgIpc) is 3.34. The molecular formula is C24H25NO7S. The van der Waals surface area contributed by atoms with Gasteiger partial charge < -0.3 is 13.9 Å². The fourth-order valence-corrected chi connectivity index (χ4v) is 4.77. The number of hydrogen-bond donors (Lipinski definition) is 1. The Kier molecular flexibility index (Phi) is 6.92. The molecule has 1 aliphatic rings. The van der Waals surface area contributed by atoms with Gasteiger partial charge in [-0.15, -0.1) is 0 Å². The minimum absolute atomic E-state index is 0.0513. The summed E-state index contributed by atoms with van der Waals surface area (Å²) in [6.07, 6.45) is 2.44. The Labute approximate surface area is 191 Å². The van der Waals surface area contributed by atoms with Gasteiger partial charge >= 0.3 is 11.6 Å². The van der Waals surface area contributed by atoms with E-state index in [2.05, 4.69) is 4.72 Å². The lowest BCUT2D eigenvalue weighted by atomic mass is 10.1. The summed E-state index contributed by atoms with van der Waals surface area (Å²) >= 11 is 0. The van der Waals surface area contributed by atoms with E-state index in [4.69, 9.17) is 13.9 Å². The number of carbonyl (C=O) groups excluding carboxylic acids is 1.